The molecule has 1 heterocycles. The highest BCUT2D eigenvalue weighted by atomic mass is 19.1. The topological polar surface area (TPSA) is 102 Å². The highest BCUT2D eigenvalue weighted by Crippen LogP contribution is 2.37. The third-order valence-corrected chi connectivity index (χ3v) is 4.95. The molecule has 0 saturated heterocycles. The van der Waals surface area contributed by atoms with E-state index in [0.717, 1.165) is 30.0 Å². The molecule has 3 rings (SSSR count). The van der Waals surface area contributed by atoms with Gasteiger partial charge in [0.15, 0.2) is 5.57 Å². The summed E-state index contributed by atoms with van der Waals surface area (Å²) in [5, 5.41) is 2.71. The van der Waals surface area contributed by atoms with Gasteiger partial charge in [0.25, 0.3) is 11.8 Å². The third-order valence-electron chi connectivity index (χ3n) is 4.95. The van der Waals surface area contributed by atoms with Gasteiger partial charge in [-0.05, 0) is 57.7 Å². The van der Waals surface area contributed by atoms with Crippen molar-refractivity contribution in [2.75, 3.05) is 23.4 Å². The van der Waals surface area contributed by atoms with Crippen LogP contribution < -0.4 is 10.2 Å². The molecule has 0 bridgehead atoms. The summed E-state index contributed by atoms with van der Waals surface area (Å²) < 4.78 is 24.3. The van der Waals surface area contributed by atoms with E-state index in [1.165, 1.54) is 12.1 Å². The largest absolute Gasteiger partial charge is 0.462 e. The Labute approximate surface area is 178 Å². The number of hydrogen-bond donors (Lipinski definition) is 1. The van der Waals surface area contributed by atoms with E-state index >= 15 is 0 Å². The Hall–Kier alpha value is -3.49. The van der Waals surface area contributed by atoms with Crippen molar-refractivity contribution in [3.63, 3.8) is 0 Å². The summed E-state index contributed by atoms with van der Waals surface area (Å²) in [5.41, 5.74) is 0.575. The van der Waals surface area contributed by atoms with Crippen LogP contribution >= 0.6 is 0 Å². The van der Waals surface area contributed by atoms with Gasteiger partial charge in [0.1, 0.15) is 5.82 Å². The summed E-state index contributed by atoms with van der Waals surface area (Å²) in [6.45, 7) is 3.32. The zero-order chi connectivity index (χ0) is 22.5. The predicted octanol–water partition coefficient (Wildman–Crippen LogP) is 2.99. The zero-order valence-electron chi connectivity index (χ0n) is 17.3. The van der Waals surface area contributed by atoms with Gasteiger partial charge in [-0.1, -0.05) is 0 Å². The molecule has 2 aliphatic rings. The zero-order valence-corrected chi connectivity index (χ0v) is 17.3. The van der Waals surface area contributed by atoms with E-state index in [0.29, 0.717) is 24.0 Å². The lowest BCUT2D eigenvalue weighted by Crippen LogP contribution is -2.32. The average molecular weight is 430 g/mol. The first-order valence-electron chi connectivity index (χ1n) is 10.1. The first-order chi connectivity index (χ1) is 14.9. The van der Waals surface area contributed by atoms with Crippen LogP contribution in [0, 0.1) is 5.82 Å². The summed E-state index contributed by atoms with van der Waals surface area (Å²) in [6, 6.07) is 3.72. The molecule has 2 amide bonds. The molecule has 0 saturated carbocycles. The maximum atomic E-state index is 14.5. The van der Waals surface area contributed by atoms with Gasteiger partial charge in [-0.15, -0.1) is 0 Å². The minimum absolute atomic E-state index is 0.0626. The van der Waals surface area contributed by atoms with Crippen molar-refractivity contribution < 1.29 is 33.0 Å². The van der Waals surface area contributed by atoms with Crippen LogP contribution in [0.5, 0.6) is 0 Å². The summed E-state index contributed by atoms with van der Waals surface area (Å²) >= 11 is 0. The number of imide groups is 1. The minimum Gasteiger partial charge on any atom is -0.462 e. The van der Waals surface area contributed by atoms with Crippen molar-refractivity contribution in [2.45, 2.75) is 39.5 Å². The molecule has 8 nitrogen and oxygen atoms in total. The third kappa shape index (κ3) is 4.50. The maximum Gasteiger partial charge on any atom is 0.347 e. The Morgan fingerprint density at radius 3 is 2.10 bits per heavy atom. The standard InChI is InChI=1S/C22H23FN2O6/c1-3-30-21(28)16(22(29)31-4-2)12-24-13-9-10-17(23)18(11-13)25-19(26)14-7-5-6-8-15(14)20(25)27/h9-12,24H,3-8H2,1-2H3. The van der Waals surface area contributed by atoms with E-state index in [9.17, 15) is 23.6 Å². The van der Waals surface area contributed by atoms with Crippen LogP contribution in [-0.4, -0.2) is 37.0 Å². The Balaban J connectivity index is 1.88. The average Bonchev–Trinajstić information content (AvgIpc) is 3.00. The number of carbonyl (C=O) groups is 4. The summed E-state index contributed by atoms with van der Waals surface area (Å²) in [6.07, 6.45) is 3.71. The second-order valence-corrected chi connectivity index (χ2v) is 6.92. The molecule has 1 aromatic carbocycles. The van der Waals surface area contributed by atoms with Crippen LogP contribution in [0.3, 0.4) is 0 Å². The molecule has 1 aliphatic heterocycles. The molecule has 9 heteroatoms. The van der Waals surface area contributed by atoms with Crippen molar-refractivity contribution >= 4 is 35.1 Å². The molecule has 0 radical (unpaired) electrons. The first-order valence-corrected chi connectivity index (χ1v) is 10.1. The Bertz CT molecular complexity index is 950. The summed E-state index contributed by atoms with van der Waals surface area (Å²) in [4.78, 5) is 50.4. The highest BCUT2D eigenvalue weighted by molar-refractivity contribution is 6.33. The van der Waals surface area contributed by atoms with Crippen molar-refractivity contribution in [2.24, 2.45) is 0 Å². The van der Waals surface area contributed by atoms with Gasteiger partial charge in [0.2, 0.25) is 0 Å². The van der Waals surface area contributed by atoms with Crippen LogP contribution in [0.2, 0.25) is 0 Å². The van der Waals surface area contributed by atoms with E-state index in [1.54, 1.807) is 13.8 Å². The number of halogens is 1. The van der Waals surface area contributed by atoms with Crippen LogP contribution in [0.15, 0.2) is 41.1 Å². The highest BCUT2D eigenvalue weighted by Gasteiger charge is 2.40. The van der Waals surface area contributed by atoms with Crippen LogP contribution in [0.1, 0.15) is 39.5 Å². The number of hydrogen-bond acceptors (Lipinski definition) is 7. The van der Waals surface area contributed by atoms with Crippen LogP contribution in [0.4, 0.5) is 15.8 Å². The number of anilines is 2. The molecular formula is C22H23FN2O6. The molecule has 0 unspecified atom stereocenters. The van der Waals surface area contributed by atoms with Crippen molar-refractivity contribution in [3.8, 4) is 0 Å². The van der Waals surface area contributed by atoms with Gasteiger partial charge in [0.05, 0.1) is 18.9 Å². The van der Waals surface area contributed by atoms with Gasteiger partial charge in [-0.25, -0.2) is 18.9 Å². The Morgan fingerprint density at radius 1 is 1.03 bits per heavy atom. The van der Waals surface area contributed by atoms with Gasteiger partial charge < -0.3 is 14.8 Å². The lowest BCUT2D eigenvalue weighted by Gasteiger charge is -2.17. The fourth-order valence-corrected chi connectivity index (χ4v) is 3.51. The molecule has 164 valence electrons. The monoisotopic (exact) mass is 430 g/mol. The number of rotatable bonds is 7. The number of carbonyl (C=O) groups excluding carboxylic acids is 4. The molecular weight excluding hydrogens is 407 g/mol. The number of benzene rings is 1. The van der Waals surface area contributed by atoms with Gasteiger partial charge in [0, 0.05) is 23.0 Å². The molecule has 1 aromatic rings. The van der Waals surface area contributed by atoms with E-state index in [2.05, 4.69) is 5.32 Å². The van der Waals surface area contributed by atoms with Gasteiger partial charge in [-0.2, -0.15) is 0 Å². The number of nitrogens with zero attached hydrogens (tertiary/aromatic N) is 1. The Kier molecular flexibility index (Phi) is 6.84. The lowest BCUT2D eigenvalue weighted by atomic mass is 9.93. The fourth-order valence-electron chi connectivity index (χ4n) is 3.51. The van der Waals surface area contributed by atoms with Crippen LogP contribution in [-0.2, 0) is 28.7 Å². The van der Waals surface area contributed by atoms with Gasteiger partial charge in [-0.3, -0.25) is 9.59 Å². The maximum absolute atomic E-state index is 14.5. The molecule has 1 aliphatic carbocycles. The number of esters is 2. The minimum atomic E-state index is -0.877. The molecule has 0 aromatic heterocycles. The second kappa shape index (κ2) is 9.55. The summed E-state index contributed by atoms with van der Waals surface area (Å²) in [7, 11) is 0. The number of nitrogens with one attached hydrogen (secondary N) is 1. The Morgan fingerprint density at radius 2 is 1.58 bits per heavy atom. The van der Waals surface area contributed by atoms with Crippen molar-refractivity contribution in [1.29, 1.82) is 0 Å². The number of ether oxygens (including phenoxy) is 2. The molecule has 0 fully saturated rings. The molecule has 0 spiro atoms. The van der Waals surface area contributed by atoms with Crippen LogP contribution in [0.25, 0.3) is 0 Å². The van der Waals surface area contributed by atoms with Gasteiger partial charge >= 0.3 is 11.9 Å². The van der Waals surface area contributed by atoms with E-state index in [1.807, 2.05) is 0 Å². The predicted molar refractivity (Wildman–Crippen MR) is 109 cm³/mol. The normalized spacial score (nSPS) is 15.5. The fraction of sp³-hybridized carbons (Fsp3) is 0.364. The smallest absolute Gasteiger partial charge is 0.347 e. The second-order valence-electron chi connectivity index (χ2n) is 6.92. The SMILES string of the molecule is CCOC(=O)C(=CNc1ccc(F)c(N2C(=O)C3=C(CCCC3)C2=O)c1)C(=O)OCC. The molecule has 31 heavy (non-hydrogen) atoms. The quantitative estimate of drug-likeness (QED) is 0.233. The van der Waals surface area contributed by atoms with E-state index in [4.69, 9.17) is 9.47 Å². The van der Waals surface area contributed by atoms with E-state index in [-0.39, 0.29) is 30.2 Å². The molecule has 1 N–H and O–H groups in total. The summed E-state index contributed by atoms with van der Waals surface area (Å²) in [5.74, 6) is -3.52. The lowest BCUT2D eigenvalue weighted by molar-refractivity contribution is -0.146. The van der Waals surface area contributed by atoms with Crippen molar-refractivity contribution in [3.05, 3.63) is 46.9 Å². The number of amides is 2. The first kappa shape index (κ1) is 22.2. The van der Waals surface area contributed by atoms with E-state index < -0.39 is 29.6 Å². The van der Waals surface area contributed by atoms with Crippen molar-refractivity contribution in [1.82, 2.24) is 0 Å². The molecule has 0 atom stereocenters.